The summed E-state index contributed by atoms with van der Waals surface area (Å²) >= 11 is 0. The van der Waals surface area contributed by atoms with Crippen LogP contribution in [0.3, 0.4) is 0 Å². The van der Waals surface area contributed by atoms with Gasteiger partial charge in [-0.1, -0.05) is 72.8 Å². The van der Waals surface area contributed by atoms with Gasteiger partial charge in [0.2, 0.25) is 0 Å². The van der Waals surface area contributed by atoms with Crippen LogP contribution in [0.5, 0.6) is 0 Å². The maximum absolute atomic E-state index is 6.21. The van der Waals surface area contributed by atoms with Gasteiger partial charge >= 0.3 is 7.12 Å². The van der Waals surface area contributed by atoms with E-state index < -0.39 is 0 Å². The zero-order valence-electron chi connectivity index (χ0n) is 12.1. The van der Waals surface area contributed by atoms with E-state index in [4.69, 9.17) is 9.31 Å². The van der Waals surface area contributed by atoms with Gasteiger partial charge in [0.15, 0.2) is 0 Å². The maximum Gasteiger partial charge on any atom is 0.503 e. The minimum atomic E-state index is -0.370. The molecule has 1 aliphatic heterocycles. The van der Waals surface area contributed by atoms with Crippen LogP contribution in [0.15, 0.2) is 90.1 Å². The molecule has 0 aromatic heterocycles. The normalized spacial score (nSPS) is 23.1. The molecule has 22 heavy (non-hydrogen) atoms. The Bertz CT molecular complexity index is 698. The fourth-order valence-corrected chi connectivity index (χ4v) is 2.87. The van der Waals surface area contributed by atoms with Gasteiger partial charge in [0.25, 0.3) is 0 Å². The quantitative estimate of drug-likeness (QED) is 0.622. The van der Waals surface area contributed by atoms with Crippen LogP contribution in [-0.2, 0) is 9.31 Å². The molecule has 1 aliphatic carbocycles. The van der Waals surface area contributed by atoms with E-state index in [-0.39, 0.29) is 19.3 Å². The topological polar surface area (TPSA) is 18.5 Å². The lowest BCUT2D eigenvalue weighted by Gasteiger charge is -2.19. The summed E-state index contributed by atoms with van der Waals surface area (Å²) < 4.78 is 12.4. The summed E-state index contributed by atoms with van der Waals surface area (Å²) in [4.78, 5) is 0. The number of rotatable bonds is 3. The van der Waals surface area contributed by atoms with Crippen LogP contribution in [-0.4, -0.2) is 7.12 Å². The Morgan fingerprint density at radius 2 is 1.32 bits per heavy atom. The molecule has 3 heteroatoms. The molecule has 1 saturated heterocycles. The standard InChI is InChI=1S/C19H15BO2/c1-3-9-15(10-4-1)18-19(16-11-5-2-6-12-16)22-20(21-18)17-13-7-8-14-17/h1-13,18-19H/t18-,19-/m0/s1. The van der Waals surface area contributed by atoms with Crippen molar-refractivity contribution < 1.29 is 9.31 Å². The highest BCUT2D eigenvalue weighted by Gasteiger charge is 2.43. The van der Waals surface area contributed by atoms with Crippen molar-refractivity contribution in [2.75, 3.05) is 0 Å². The highest BCUT2D eigenvalue weighted by Crippen LogP contribution is 2.42. The van der Waals surface area contributed by atoms with E-state index in [1.165, 1.54) is 0 Å². The van der Waals surface area contributed by atoms with Crippen LogP contribution in [0.25, 0.3) is 0 Å². The van der Waals surface area contributed by atoms with Gasteiger partial charge in [-0.3, -0.25) is 0 Å². The van der Waals surface area contributed by atoms with Crippen molar-refractivity contribution in [3.05, 3.63) is 101 Å². The second kappa shape index (κ2) is 5.82. The fourth-order valence-electron chi connectivity index (χ4n) is 2.87. The Morgan fingerprint density at radius 3 is 1.77 bits per heavy atom. The van der Waals surface area contributed by atoms with Gasteiger partial charge in [-0.25, -0.2) is 0 Å². The molecule has 0 bridgehead atoms. The maximum atomic E-state index is 6.21. The van der Waals surface area contributed by atoms with Crippen molar-refractivity contribution in [1.29, 1.82) is 0 Å². The molecule has 2 aromatic rings. The van der Waals surface area contributed by atoms with Crippen LogP contribution in [0.4, 0.5) is 0 Å². The third-order valence-corrected chi connectivity index (χ3v) is 3.95. The van der Waals surface area contributed by atoms with Crippen molar-refractivity contribution in [2.45, 2.75) is 12.2 Å². The predicted molar refractivity (Wildman–Crippen MR) is 87.0 cm³/mol. The predicted octanol–water partition coefficient (Wildman–Crippen LogP) is 4.19. The van der Waals surface area contributed by atoms with E-state index in [9.17, 15) is 0 Å². The summed E-state index contributed by atoms with van der Waals surface area (Å²) in [6, 6.07) is 20.5. The number of allylic oxidation sites excluding steroid dienone is 3. The third kappa shape index (κ3) is 2.47. The first-order chi connectivity index (χ1) is 10.9. The molecule has 1 heterocycles. The van der Waals surface area contributed by atoms with Crippen LogP contribution < -0.4 is 0 Å². The molecule has 2 nitrogen and oxygen atoms in total. The molecule has 2 aliphatic rings. The minimum absolute atomic E-state index is 0.114. The van der Waals surface area contributed by atoms with Crippen LogP contribution in [0, 0.1) is 0 Å². The van der Waals surface area contributed by atoms with Gasteiger partial charge in [0.05, 0.1) is 12.2 Å². The molecular formula is C19H15BO2. The zero-order valence-corrected chi connectivity index (χ0v) is 12.1. The third-order valence-electron chi connectivity index (χ3n) is 3.95. The second-order valence-electron chi connectivity index (χ2n) is 5.39. The Morgan fingerprint density at radius 1 is 0.773 bits per heavy atom. The summed E-state index contributed by atoms with van der Waals surface area (Å²) in [6.45, 7) is 0. The van der Waals surface area contributed by atoms with E-state index in [0.29, 0.717) is 0 Å². The summed E-state index contributed by atoms with van der Waals surface area (Å²) in [5.41, 5.74) is 6.38. The van der Waals surface area contributed by atoms with E-state index in [1.54, 1.807) is 0 Å². The molecule has 106 valence electrons. The largest absolute Gasteiger partial charge is 0.503 e. The van der Waals surface area contributed by atoms with Gasteiger partial charge < -0.3 is 9.31 Å². The van der Waals surface area contributed by atoms with Gasteiger partial charge in [-0.05, 0) is 17.2 Å². The lowest BCUT2D eigenvalue weighted by molar-refractivity contribution is 0.159. The lowest BCUT2D eigenvalue weighted by atomic mass is 9.80. The SMILES string of the molecule is C1=CC=CC=1B1O[C@@H](c2ccccc2)[C@H](c2ccccc2)O1. The highest BCUT2D eigenvalue weighted by molar-refractivity contribution is 6.55. The highest BCUT2D eigenvalue weighted by atomic mass is 16.7. The monoisotopic (exact) mass is 286 g/mol. The molecule has 0 saturated carbocycles. The van der Waals surface area contributed by atoms with E-state index >= 15 is 0 Å². The van der Waals surface area contributed by atoms with Crippen molar-refractivity contribution >= 4 is 7.12 Å². The smallest absolute Gasteiger partial charge is 0.397 e. The van der Waals surface area contributed by atoms with Crippen LogP contribution >= 0.6 is 0 Å². The Hall–Kier alpha value is -2.32. The summed E-state index contributed by atoms with van der Waals surface area (Å²) in [6.07, 6.45) is 5.60. The first kappa shape index (κ1) is 13.4. The van der Waals surface area contributed by atoms with E-state index in [0.717, 1.165) is 16.6 Å². The molecule has 0 radical (unpaired) electrons. The minimum Gasteiger partial charge on any atom is -0.397 e. The first-order valence-corrected chi connectivity index (χ1v) is 7.46. The molecule has 2 atom stereocenters. The van der Waals surface area contributed by atoms with Gasteiger partial charge in [-0.2, -0.15) is 0 Å². The van der Waals surface area contributed by atoms with Crippen molar-refractivity contribution in [3.8, 4) is 0 Å². The zero-order chi connectivity index (χ0) is 14.8. The molecular weight excluding hydrogens is 271 g/mol. The first-order valence-electron chi connectivity index (χ1n) is 7.46. The molecule has 2 aromatic carbocycles. The lowest BCUT2D eigenvalue weighted by Crippen LogP contribution is -2.16. The van der Waals surface area contributed by atoms with Gasteiger partial charge in [0, 0.05) is 5.47 Å². The molecule has 4 rings (SSSR count). The average molecular weight is 286 g/mol. The summed E-state index contributed by atoms with van der Waals surface area (Å²) in [7, 11) is -0.370. The summed E-state index contributed by atoms with van der Waals surface area (Å²) in [5.74, 6) is 0. The van der Waals surface area contributed by atoms with Crippen molar-refractivity contribution in [1.82, 2.24) is 0 Å². The molecule has 1 fully saturated rings. The number of hydrogen-bond donors (Lipinski definition) is 0. The Kier molecular flexibility index (Phi) is 3.53. The van der Waals surface area contributed by atoms with Crippen molar-refractivity contribution in [3.63, 3.8) is 0 Å². The van der Waals surface area contributed by atoms with Crippen molar-refractivity contribution in [2.24, 2.45) is 0 Å². The van der Waals surface area contributed by atoms with Crippen LogP contribution in [0.1, 0.15) is 23.3 Å². The Balaban J connectivity index is 1.70. The van der Waals surface area contributed by atoms with E-state index in [2.05, 4.69) is 30.0 Å². The summed E-state index contributed by atoms with van der Waals surface area (Å²) in [5, 5.41) is 0. The van der Waals surface area contributed by atoms with Gasteiger partial charge in [-0.15, -0.1) is 5.73 Å². The fraction of sp³-hybridized carbons (Fsp3) is 0.105. The molecule has 0 spiro atoms. The Labute approximate surface area is 130 Å². The molecule has 0 N–H and O–H groups in total. The average Bonchev–Trinajstić information content (AvgIpc) is 3.26. The van der Waals surface area contributed by atoms with Gasteiger partial charge in [0.1, 0.15) is 0 Å². The molecule has 0 unspecified atom stereocenters. The van der Waals surface area contributed by atoms with Crippen LogP contribution in [0.2, 0.25) is 0 Å². The second-order valence-corrected chi connectivity index (χ2v) is 5.39. The number of benzene rings is 2. The van der Waals surface area contributed by atoms with E-state index in [1.807, 2.05) is 54.6 Å². The number of hydrogen-bond acceptors (Lipinski definition) is 2. The molecule has 0 amide bonds.